The Morgan fingerprint density at radius 2 is 2.17 bits per heavy atom. The van der Waals surface area contributed by atoms with Crippen LogP contribution in [-0.4, -0.2) is 42.2 Å². The molecule has 7 nitrogen and oxygen atoms in total. The third-order valence-electron chi connectivity index (χ3n) is 1.99. The van der Waals surface area contributed by atoms with Crippen LogP contribution < -0.4 is 4.72 Å². The van der Waals surface area contributed by atoms with Gasteiger partial charge in [0.05, 0.1) is 6.20 Å². The van der Waals surface area contributed by atoms with Crippen LogP contribution in [0, 0.1) is 5.82 Å². The summed E-state index contributed by atoms with van der Waals surface area (Å²) in [6.45, 7) is -0.285. The summed E-state index contributed by atoms with van der Waals surface area (Å²) in [6, 6.07) is 0.781. The summed E-state index contributed by atoms with van der Waals surface area (Å²) in [6.07, 6.45) is -0.137. The SMILES string of the molecule is O=C(O)[C@@H](O)CCNS(=O)(=O)c1cncc(F)c1. The molecule has 100 valence electrons. The molecule has 18 heavy (non-hydrogen) atoms. The summed E-state index contributed by atoms with van der Waals surface area (Å²) in [5.74, 6) is -2.25. The quantitative estimate of drug-likeness (QED) is 0.635. The van der Waals surface area contributed by atoms with E-state index in [9.17, 15) is 17.6 Å². The predicted octanol–water partition coefficient (Wildman–Crippen LogP) is -0.665. The van der Waals surface area contributed by atoms with Gasteiger partial charge in [0.25, 0.3) is 0 Å². The molecule has 1 rings (SSSR count). The summed E-state index contributed by atoms with van der Waals surface area (Å²) >= 11 is 0. The standard InChI is InChI=1S/C9H11FN2O5S/c10-6-3-7(5-11-4-6)18(16,17)12-2-1-8(13)9(14)15/h3-5,8,12-13H,1-2H2,(H,14,15)/t8-/m0/s1. The number of carboxylic acid groups (broad SMARTS) is 1. The van der Waals surface area contributed by atoms with E-state index in [4.69, 9.17) is 10.2 Å². The highest BCUT2D eigenvalue weighted by molar-refractivity contribution is 7.89. The minimum Gasteiger partial charge on any atom is -0.479 e. The van der Waals surface area contributed by atoms with Crippen LogP contribution in [0.4, 0.5) is 4.39 Å². The number of nitrogens with zero attached hydrogens (tertiary/aromatic N) is 1. The van der Waals surface area contributed by atoms with Crippen LogP contribution in [0.25, 0.3) is 0 Å². The third-order valence-corrected chi connectivity index (χ3v) is 3.41. The second kappa shape index (κ2) is 5.85. The van der Waals surface area contributed by atoms with E-state index in [0.29, 0.717) is 0 Å². The molecule has 1 aromatic rings. The fourth-order valence-electron chi connectivity index (χ4n) is 1.08. The van der Waals surface area contributed by atoms with Crippen LogP contribution in [-0.2, 0) is 14.8 Å². The lowest BCUT2D eigenvalue weighted by molar-refractivity contribution is -0.146. The Hall–Kier alpha value is -1.58. The lowest BCUT2D eigenvalue weighted by Gasteiger charge is -2.08. The van der Waals surface area contributed by atoms with Crippen molar-refractivity contribution in [3.05, 3.63) is 24.3 Å². The molecule has 0 spiro atoms. The Morgan fingerprint density at radius 3 is 2.72 bits per heavy atom. The van der Waals surface area contributed by atoms with Gasteiger partial charge >= 0.3 is 5.97 Å². The maximum absolute atomic E-state index is 12.8. The number of aromatic nitrogens is 1. The van der Waals surface area contributed by atoms with Gasteiger partial charge in [0.1, 0.15) is 10.7 Å². The maximum Gasteiger partial charge on any atom is 0.332 e. The minimum absolute atomic E-state index is 0.285. The number of sulfonamides is 1. The number of rotatable bonds is 6. The number of aliphatic carboxylic acids is 1. The van der Waals surface area contributed by atoms with Crippen molar-refractivity contribution >= 4 is 16.0 Å². The van der Waals surface area contributed by atoms with Gasteiger partial charge in [-0.3, -0.25) is 4.98 Å². The Balaban J connectivity index is 2.64. The van der Waals surface area contributed by atoms with E-state index in [1.165, 1.54) is 0 Å². The molecular formula is C9H11FN2O5S. The molecule has 0 aliphatic heterocycles. The molecule has 0 unspecified atom stereocenters. The molecule has 0 aromatic carbocycles. The highest BCUT2D eigenvalue weighted by Crippen LogP contribution is 2.08. The molecule has 3 N–H and O–H groups in total. The van der Waals surface area contributed by atoms with Gasteiger partial charge in [-0.1, -0.05) is 0 Å². The Bertz CT molecular complexity index is 534. The molecule has 1 atom stereocenters. The summed E-state index contributed by atoms with van der Waals surface area (Å²) in [5.41, 5.74) is 0. The van der Waals surface area contributed by atoms with Crippen LogP contribution in [0.3, 0.4) is 0 Å². The summed E-state index contributed by atoms with van der Waals surface area (Å²) in [4.78, 5) is 13.3. The summed E-state index contributed by atoms with van der Waals surface area (Å²) in [7, 11) is -3.96. The first-order chi connectivity index (χ1) is 8.33. The van der Waals surface area contributed by atoms with Gasteiger partial charge in [-0.25, -0.2) is 22.3 Å². The number of nitrogens with one attached hydrogen (secondary N) is 1. The Morgan fingerprint density at radius 1 is 1.50 bits per heavy atom. The smallest absolute Gasteiger partial charge is 0.332 e. The lowest BCUT2D eigenvalue weighted by Crippen LogP contribution is -2.30. The molecule has 0 aliphatic rings. The zero-order valence-electron chi connectivity index (χ0n) is 9.08. The predicted molar refractivity (Wildman–Crippen MR) is 57.6 cm³/mol. The summed E-state index contributed by atoms with van der Waals surface area (Å²) < 4.78 is 38.0. The third kappa shape index (κ3) is 4.02. The number of hydrogen-bond acceptors (Lipinski definition) is 5. The highest BCUT2D eigenvalue weighted by Gasteiger charge is 2.17. The van der Waals surface area contributed by atoms with Crippen molar-refractivity contribution in [1.82, 2.24) is 9.71 Å². The van der Waals surface area contributed by atoms with E-state index in [0.717, 1.165) is 18.5 Å². The number of carbonyl (C=O) groups is 1. The molecule has 0 aliphatic carbocycles. The zero-order valence-corrected chi connectivity index (χ0v) is 9.89. The number of hydrogen-bond donors (Lipinski definition) is 3. The molecule has 0 saturated carbocycles. The average molecular weight is 278 g/mol. The minimum atomic E-state index is -3.96. The lowest BCUT2D eigenvalue weighted by atomic mass is 10.3. The molecule has 0 bridgehead atoms. The van der Waals surface area contributed by atoms with Gasteiger partial charge in [0.15, 0.2) is 6.10 Å². The molecule has 1 aromatic heterocycles. The average Bonchev–Trinajstić information content (AvgIpc) is 2.28. The molecule has 0 saturated heterocycles. The van der Waals surface area contributed by atoms with Crippen molar-refractivity contribution in [2.45, 2.75) is 17.4 Å². The molecule has 1 heterocycles. The number of aliphatic hydroxyl groups is 1. The monoisotopic (exact) mass is 278 g/mol. The first kappa shape index (κ1) is 14.5. The normalized spacial score (nSPS) is 13.2. The Kier molecular flexibility index (Phi) is 4.70. The molecule has 0 amide bonds. The fraction of sp³-hybridized carbons (Fsp3) is 0.333. The van der Waals surface area contributed by atoms with E-state index in [1.54, 1.807) is 0 Å². The second-order valence-corrected chi connectivity index (χ2v) is 5.15. The molecule has 0 radical (unpaired) electrons. The van der Waals surface area contributed by atoms with Crippen LogP contribution in [0.2, 0.25) is 0 Å². The first-order valence-corrected chi connectivity index (χ1v) is 6.32. The van der Waals surface area contributed by atoms with E-state index in [-0.39, 0.29) is 17.9 Å². The van der Waals surface area contributed by atoms with Crippen molar-refractivity contribution in [3.63, 3.8) is 0 Å². The molecular weight excluding hydrogens is 267 g/mol. The van der Waals surface area contributed by atoms with Crippen LogP contribution in [0.5, 0.6) is 0 Å². The summed E-state index contributed by atoms with van der Waals surface area (Å²) in [5, 5.41) is 17.3. The van der Waals surface area contributed by atoms with Gasteiger partial charge in [-0.05, 0) is 12.5 Å². The molecule has 9 heteroatoms. The van der Waals surface area contributed by atoms with Crippen molar-refractivity contribution in [1.29, 1.82) is 0 Å². The van der Waals surface area contributed by atoms with E-state index in [1.807, 2.05) is 4.72 Å². The Labute approximate surface area is 102 Å². The van der Waals surface area contributed by atoms with Gasteiger partial charge in [-0.15, -0.1) is 0 Å². The maximum atomic E-state index is 12.8. The van der Waals surface area contributed by atoms with Gasteiger partial charge in [0, 0.05) is 12.7 Å². The number of aliphatic hydroxyl groups excluding tert-OH is 1. The van der Waals surface area contributed by atoms with E-state index in [2.05, 4.69) is 4.98 Å². The van der Waals surface area contributed by atoms with Gasteiger partial charge in [-0.2, -0.15) is 0 Å². The van der Waals surface area contributed by atoms with Crippen molar-refractivity contribution in [3.8, 4) is 0 Å². The van der Waals surface area contributed by atoms with E-state index >= 15 is 0 Å². The molecule has 0 fully saturated rings. The largest absolute Gasteiger partial charge is 0.479 e. The van der Waals surface area contributed by atoms with Crippen LogP contribution in [0.1, 0.15) is 6.42 Å². The van der Waals surface area contributed by atoms with E-state index < -0.39 is 27.9 Å². The number of pyridine rings is 1. The number of carboxylic acids is 1. The fourth-order valence-corrected chi connectivity index (χ4v) is 2.10. The van der Waals surface area contributed by atoms with Crippen LogP contribution in [0.15, 0.2) is 23.4 Å². The van der Waals surface area contributed by atoms with Crippen LogP contribution >= 0.6 is 0 Å². The number of halogens is 1. The van der Waals surface area contributed by atoms with Crippen molar-refractivity contribution in [2.75, 3.05) is 6.54 Å². The van der Waals surface area contributed by atoms with Crippen molar-refractivity contribution in [2.24, 2.45) is 0 Å². The zero-order chi connectivity index (χ0) is 13.8. The van der Waals surface area contributed by atoms with Gasteiger partial charge < -0.3 is 10.2 Å². The topological polar surface area (TPSA) is 117 Å². The highest BCUT2D eigenvalue weighted by atomic mass is 32.2. The first-order valence-electron chi connectivity index (χ1n) is 4.84. The second-order valence-electron chi connectivity index (χ2n) is 3.38. The van der Waals surface area contributed by atoms with Gasteiger partial charge in [0.2, 0.25) is 10.0 Å². The van der Waals surface area contributed by atoms with Crippen molar-refractivity contribution < 1.29 is 27.8 Å².